The summed E-state index contributed by atoms with van der Waals surface area (Å²) in [4.78, 5) is 151. The van der Waals surface area contributed by atoms with Gasteiger partial charge in [-0.05, 0) is 89.2 Å². The Labute approximate surface area is 483 Å². The number of Topliss-reactive ketones (excluding diaryl/α,β-unsaturated/α-hetero) is 1. The van der Waals surface area contributed by atoms with Crippen LogP contribution < -0.4 is 43.0 Å². The molecule has 8 rings (SSSR count). The summed E-state index contributed by atoms with van der Waals surface area (Å²) in [6, 6.07) is 11.9. The van der Waals surface area contributed by atoms with E-state index in [2.05, 4.69) is 57.2 Å². The summed E-state index contributed by atoms with van der Waals surface area (Å²) in [6.07, 6.45) is 2.39. The molecular formula is C59H62F2N12O12. The number of carbonyl (C=O) groups excluding carboxylic acids is 9. The summed E-state index contributed by atoms with van der Waals surface area (Å²) in [6.45, 7) is -0.625. The van der Waals surface area contributed by atoms with Crippen LogP contribution in [0.3, 0.4) is 0 Å². The number of aliphatic carboxylic acids is 1. The first-order valence-corrected chi connectivity index (χ1v) is 27.2. The van der Waals surface area contributed by atoms with Gasteiger partial charge in [-0.3, -0.25) is 47.9 Å². The number of carbonyl (C=O) groups is 10. The van der Waals surface area contributed by atoms with Gasteiger partial charge in [0, 0.05) is 104 Å². The van der Waals surface area contributed by atoms with Crippen LogP contribution in [0.5, 0.6) is 5.75 Å². The molecule has 7 aromatic rings. The zero-order valence-electron chi connectivity index (χ0n) is 45.6. The molecule has 8 amide bonds. The van der Waals surface area contributed by atoms with Gasteiger partial charge in [0.15, 0.2) is 5.78 Å². The van der Waals surface area contributed by atoms with E-state index in [4.69, 9.17) is 5.73 Å². The Morgan fingerprint density at radius 3 is 1.76 bits per heavy atom. The number of phenols is 1. The van der Waals surface area contributed by atoms with Gasteiger partial charge in [-0.1, -0.05) is 36.4 Å². The number of rotatable bonds is 11. The summed E-state index contributed by atoms with van der Waals surface area (Å²) in [5.74, 6) is -11.9. The second kappa shape index (κ2) is 28.1. The summed E-state index contributed by atoms with van der Waals surface area (Å²) in [5.41, 5.74) is 8.96. The molecule has 4 aromatic carbocycles. The number of nitrogens with one attached hydrogen (secondary N) is 10. The normalized spacial score (nSPS) is 20.6. The number of imidazole rings is 1. The summed E-state index contributed by atoms with van der Waals surface area (Å²) >= 11 is 0. The predicted octanol–water partition coefficient (Wildman–Crippen LogP) is 1.75. The number of aromatic hydroxyl groups is 1. The van der Waals surface area contributed by atoms with Gasteiger partial charge < -0.3 is 68.1 Å². The fraction of sp³-hybridized carbons (Fsp3) is 0.305. The molecule has 1 aliphatic rings. The molecule has 2 bridgehead atoms. The first-order valence-electron chi connectivity index (χ1n) is 27.2. The van der Waals surface area contributed by atoms with Crippen molar-refractivity contribution in [1.82, 2.24) is 57.2 Å². The lowest BCUT2D eigenvalue weighted by atomic mass is 9.89. The number of nitrogens with two attached hydrogens (primary N) is 1. The molecule has 6 atom stereocenters. The fourth-order valence-electron chi connectivity index (χ4n) is 9.93. The Hall–Kier alpha value is -10.3. The molecule has 0 spiro atoms. The maximum atomic E-state index is 14.8. The van der Waals surface area contributed by atoms with Gasteiger partial charge in [0.2, 0.25) is 47.3 Å². The number of aromatic amines is 3. The van der Waals surface area contributed by atoms with Crippen molar-refractivity contribution in [3.8, 4) is 5.75 Å². The number of hydrogen-bond acceptors (Lipinski definition) is 12. The minimum Gasteiger partial charge on any atom is -0.508 e. The standard InChI is InChI=1S/C59H62F2N12O12/c60-37-9-13-42-40(23-37)35(28-65-42)20-46-57(83)72-47(21-36-29-66-43-14-10-38(61)24-41(36)43)58(84)73-48(26-54(79)80)59(85)70-44(25-50-63-15-16-64-50)49(75)22-34(18-31-7-11-39(74)12-8-31)56(82)71-45(55(62)81)19-32-3-1-4-33(17-32)27-67-51(76)5-2-6-52(77)68-30-53(78)69-46/h1,3-4,7-17,23-24,28-29,34,44-48,65-66,74H,2,5-6,18-22,25-27,30H2,(H2,62,81)(H,63,64)(H,67,76)(H,68,77)(H,69,78)(H,70,85)(H,71,82)(H,72,83)(H,73,84)(H,79,80)/t34-,44+,45+,46+,47+,48+/m1/s1. The lowest BCUT2D eigenvalue weighted by Gasteiger charge is -2.27. The van der Waals surface area contributed by atoms with Crippen molar-refractivity contribution < 1.29 is 66.9 Å². The zero-order valence-corrected chi connectivity index (χ0v) is 45.6. The van der Waals surface area contributed by atoms with E-state index in [1.807, 2.05) is 0 Å². The van der Waals surface area contributed by atoms with E-state index >= 15 is 0 Å². The number of carboxylic acid groups (broad SMARTS) is 1. The summed E-state index contributed by atoms with van der Waals surface area (Å²) in [5, 5.41) is 38.8. The van der Waals surface area contributed by atoms with Crippen LogP contribution in [-0.4, -0.2) is 126 Å². The second-order valence-electron chi connectivity index (χ2n) is 20.7. The number of H-pyrrole nitrogens is 3. The molecule has 0 aliphatic carbocycles. The number of hydrogen-bond donors (Lipinski definition) is 13. The van der Waals surface area contributed by atoms with Gasteiger partial charge >= 0.3 is 5.97 Å². The minimum absolute atomic E-state index is 0.0342. The van der Waals surface area contributed by atoms with Crippen molar-refractivity contribution >= 4 is 80.8 Å². The molecule has 0 saturated carbocycles. The Balaban J connectivity index is 1.14. The number of amides is 8. The van der Waals surface area contributed by atoms with Crippen LogP contribution >= 0.6 is 0 Å². The van der Waals surface area contributed by atoms with Crippen molar-refractivity contribution in [2.75, 3.05) is 6.54 Å². The summed E-state index contributed by atoms with van der Waals surface area (Å²) in [7, 11) is 0. The van der Waals surface area contributed by atoms with E-state index in [0.29, 0.717) is 38.7 Å². The largest absolute Gasteiger partial charge is 0.508 e. The predicted molar refractivity (Wildman–Crippen MR) is 301 cm³/mol. The van der Waals surface area contributed by atoms with Crippen molar-refractivity contribution in [3.63, 3.8) is 0 Å². The Morgan fingerprint density at radius 2 is 1.16 bits per heavy atom. The highest BCUT2D eigenvalue weighted by molar-refractivity contribution is 5.99. The molecule has 4 heterocycles. The summed E-state index contributed by atoms with van der Waals surface area (Å²) < 4.78 is 29.4. The van der Waals surface area contributed by atoms with Crippen LogP contribution in [0, 0.1) is 17.6 Å². The van der Waals surface area contributed by atoms with E-state index in [0.717, 1.165) is 0 Å². The highest BCUT2D eigenvalue weighted by Crippen LogP contribution is 2.24. The molecule has 444 valence electrons. The van der Waals surface area contributed by atoms with E-state index in [9.17, 15) is 66.9 Å². The molecule has 3 aromatic heterocycles. The van der Waals surface area contributed by atoms with Gasteiger partial charge in [-0.25, -0.2) is 13.8 Å². The van der Waals surface area contributed by atoms with Crippen molar-refractivity contribution in [2.24, 2.45) is 11.7 Å². The average Bonchev–Trinajstić information content (AvgIpc) is 3.31. The molecule has 0 saturated heterocycles. The third-order valence-corrected chi connectivity index (χ3v) is 14.3. The van der Waals surface area contributed by atoms with Gasteiger partial charge in [0.1, 0.15) is 47.4 Å². The van der Waals surface area contributed by atoms with Crippen molar-refractivity contribution in [2.45, 2.75) is 101 Å². The molecule has 26 heteroatoms. The average molecular weight is 1170 g/mol. The molecule has 85 heavy (non-hydrogen) atoms. The topological polar surface area (TPSA) is 382 Å². The lowest BCUT2D eigenvalue weighted by molar-refractivity contribution is -0.141. The molecule has 24 nitrogen and oxygen atoms in total. The highest BCUT2D eigenvalue weighted by atomic mass is 19.1. The Morgan fingerprint density at radius 1 is 0.588 bits per heavy atom. The number of primary amides is 1. The number of benzene rings is 4. The zero-order chi connectivity index (χ0) is 60.7. The lowest BCUT2D eigenvalue weighted by Crippen LogP contribution is -2.59. The number of aromatic nitrogens is 4. The number of ketones is 1. The van der Waals surface area contributed by atoms with Crippen LogP contribution in [0.15, 0.2) is 110 Å². The Kier molecular flexibility index (Phi) is 20.1. The minimum atomic E-state index is -1.98. The van der Waals surface area contributed by atoms with Crippen LogP contribution in [0.25, 0.3) is 21.8 Å². The quantitative estimate of drug-likeness (QED) is 0.0879. The fourth-order valence-corrected chi connectivity index (χ4v) is 9.93. The molecule has 14 N–H and O–H groups in total. The van der Waals surface area contributed by atoms with E-state index in [1.54, 1.807) is 24.3 Å². The van der Waals surface area contributed by atoms with Gasteiger partial charge in [0.25, 0.3) is 0 Å². The van der Waals surface area contributed by atoms with Gasteiger partial charge in [-0.15, -0.1) is 0 Å². The highest BCUT2D eigenvalue weighted by Gasteiger charge is 2.36. The first-order chi connectivity index (χ1) is 40.7. The van der Waals surface area contributed by atoms with Crippen molar-refractivity contribution in [1.29, 1.82) is 0 Å². The second-order valence-corrected chi connectivity index (χ2v) is 20.7. The Bertz CT molecular complexity index is 3620. The van der Waals surface area contributed by atoms with Gasteiger partial charge in [0.05, 0.1) is 19.0 Å². The number of fused-ring (bicyclic) bond motifs is 4. The number of phenolic OH excluding ortho intramolecular Hbond substituents is 1. The number of halogens is 2. The van der Waals surface area contributed by atoms with Crippen LogP contribution in [0.1, 0.15) is 65.7 Å². The third kappa shape index (κ3) is 17.1. The van der Waals surface area contributed by atoms with E-state index < -0.39 is 133 Å². The maximum Gasteiger partial charge on any atom is 0.305 e. The number of nitrogens with zero attached hydrogens (tertiary/aromatic N) is 1. The van der Waals surface area contributed by atoms with E-state index in [1.165, 1.54) is 85.5 Å². The van der Waals surface area contributed by atoms with Gasteiger partial charge in [-0.2, -0.15) is 0 Å². The molecule has 0 unspecified atom stereocenters. The van der Waals surface area contributed by atoms with Crippen LogP contribution in [-0.2, 0) is 86.6 Å². The smallest absolute Gasteiger partial charge is 0.305 e. The number of carboxylic acids is 1. The van der Waals surface area contributed by atoms with Crippen LogP contribution in [0.2, 0.25) is 0 Å². The van der Waals surface area contributed by atoms with Crippen LogP contribution in [0.4, 0.5) is 8.78 Å². The molecule has 0 radical (unpaired) electrons. The maximum absolute atomic E-state index is 14.8. The van der Waals surface area contributed by atoms with E-state index in [-0.39, 0.29) is 74.0 Å². The molecule has 1 aliphatic heterocycles. The first kappa shape index (κ1) is 60.8. The monoisotopic (exact) mass is 1170 g/mol. The molecule has 0 fully saturated rings. The third-order valence-electron chi connectivity index (χ3n) is 14.3. The SMILES string of the molecule is NC(=O)[C@@H]1Cc2cccc(c2)CNC(=O)CCCC(=O)NCC(=O)N[C@@H](Cc2c[nH]c3ccc(F)cc23)C(=O)N[C@@H](Cc2c[nH]c3ccc(F)cc23)C(=O)N[C@@H](CC(=O)O)C(=O)N[C@@H](Cc2ncc[nH]2)C(=O)C[C@@H](Cc2ccc(O)cc2)C(=O)N1. The molecular weight excluding hydrogens is 1110 g/mol. The van der Waals surface area contributed by atoms with Crippen molar-refractivity contribution in [3.05, 3.63) is 155 Å².